The fraction of sp³-hybridized carbons (Fsp3) is 0.522. The Balaban J connectivity index is 2.13. The molecule has 1 rings (SSSR count). The molecule has 1 aromatic rings. The minimum Gasteiger partial charge on any atom is -0.445 e. The number of amides is 3. The van der Waals surface area contributed by atoms with Gasteiger partial charge in [0.05, 0.1) is 0 Å². The SMILES string of the molecule is C=C(CCCCNC(=O)OC(C)(C)C)C(=O)NCCN(C)C(=O)OCc1ccccc1. The third kappa shape index (κ3) is 12.3. The van der Waals surface area contributed by atoms with Gasteiger partial charge >= 0.3 is 12.2 Å². The summed E-state index contributed by atoms with van der Waals surface area (Å²) in [4.78, 5) is 37.0. The van der Waals surface area contributed by atoms with Crippen LogP contribution in [0.5, 0.6) is 0 Å². The van der Waals surface area contributed by atoms with Crippen LogP contribution >= 0.6 is 0 Å². The smallest absolute Gasteiger partial charge is 0.409 e. The van der Waals surface area contributed by atoms with Crippen molar-refractivity contribution in [2.75, 3.05) is 26.7 Å². The largest absolute Gasteiger partial charge is 0.445 e. The summed E-state index contributed by atoms with van der Waals surface area (Å²) in [5.74, 6) is -0.244. The standard InChI is InChI=1S/C23H35N3O5/c1-18(11-9-10-14-25-21(28)31-23(2,3)4)20(27)24-15-16-26(5)22(29)30-17-19-12-7-6-8-13-19/h6-8,12-13H,1,9-11,14-17H2,2-5H3,(H,24,27)(H,25,28). The number of hydrogen-bond acceptors (Lipinski definition) is 5. The predicted molar refractivity (Wildman–Crippen MR) is 119 cm³/mol. The third-order valence-corrected chi connectivity index (χ3v) is 4.14. The monoisotopic (exact) mass is 433 g/mol. The second-order valence-electron chi connectivity index (χ2n) is 8.21. The second-order valence-corrected chi connectivity index (χ2v) is 8.21. The van der Waals surface area contributed by atoms with Crippen LogP contribution in [0.15, 0.2) is 42.5 Å². The van der Waals surface area contributed by atoms with E-state index in [-0.39, 0.29) is 12.5 Å². The van der Waals surface area contributed by atoms with E-state index in [1.165, 1.54) is 4.90 Å². The molecule has 8 heteroatoms. The topological polar surface area (TPSA) is 97.0 Å². The van der Waals surface area contributed by atoms with E-state index in [4.69, 9.17) is 9.47 Å². The number of nitrogens with zero attached hydrogens (tertiary/aromatic N) is 1. The van der Waals surface area contributed by atoms with Crippen molar-refractivity contribution in [3.05, 3.63) is 48.0 Å². The first-order valence-electron chi connectivity index (χ1n) is 10.4. The van der Waals surface area contributed by atoms with Crippen LogP contribution in [0.4, 0.5) is 9.59 Å². The quantitative estimate of drug-likeness (QED) is 0.410. The number of benzene rings is 1. The van der Waals surface area contributed by atoms with Gasteiger partial charge in [-0.05, 0) is 45.6 Å². The van der Waals surface area contributed by atoms with Gasteiger partial charge in [0.1, 0.15) is 12.2 Å². The highest BCUT2D eigenvalue weighted by Crippen LogP contribution is 2.08. The second kappa shape index (κ2) is 13.3. The molecule has 2 N–H and O–H groups in total. The first-order valence-corrected chi connectivity index (χ1v) is 10.4. The summed E-state index contributed by atoms with van der Waals surface area (Å²) in [6.45, 7) is 10.5. The number of unbranched alkanes of at least 4 members (excludes halogenated alkanes) is 1. The van der Waals surface area contributed by atoms with Crippen molar-refractivity contribution in [3.63, 3.8) is 0 Å². The molecule has 0 heterocycles. The Kier molecular flexibility index (Phi) is 11.2. The summed E-state index contributed by atoms with van der Waals surface area (Å²) in [6, 6.07) is 9.42. The number of rotatable bonds is 11. The van der Waals surface area contributed by atoms with Gasteiger partial charge in [-0.1, -0.05) is 36.9 Å². The highest BCUT2D eigenvalue weighted by atomic mass is 16.6. The summed E-state index contributed by atoms with van der Waals surface area (Å²) in [6.07, 6.45) is 1.05. The summed E-state index contributed by atoms with van der Waals surface area (Å²) in [7, 11) is 1.62. The number of carbonyl (C=O) groups is 3. The molecule has 0 radical (unpaired) electrons. The Bertz CT molecular complexity index is 728. The normalized spacial score (nSPS) is 10.7. The van der Waals surface area contributed by atoms with E-state index in [1.54, 1.807) is 27.8 Å². The first-order chi connectivity index (χ1) is 14.6. The number of nitrogens with one attached hydrogen (secondary N) is 2. The maximum atomic E-state index is 12.1. The number of ether oxygens (including phenoxy) is 2. The van der Waals surface area contributed by atoms with Gasteiger partial charge in [-0.15, -0.1) is 0 Å². The first kappa shape index (κ1) is 26.0. The lowest BCUT2D eigenvalue weighted by atomic mass is 10.1. The van der Waals surface area contributed by atoms with Crippen LogP contribution in [0.2, 0.25) is 0 Å². The lowest BCUT2D eigenvalue weighted by Crippen LogP contribution is -2.36. The minimum absolute atomic E-state index is 0.204. The Morgan fingerprint density at radius 1 is 1.03 bits per heavy atom. The summed E-state index contributed by atoms with van der Waals surface area (Å²) < 4.78 is 10.4. The van der Waals surface area contributed by atoms with Gasteiger partial charge in [0.25, 0.3) is 0 Å². The van der Waals surface area contributed by atoms with Gasteiger partial charge in [-0.25, -0.2) is 9.59 Å². The molecule has 0 aliphatic carbocycles. The summed E-state index contributed by atoms with van der Waals surface area (Å²) >= 11 is 0. The van der Waals surface area contributed by atoms with Crippen LogP contribution in [-0.2, 0) is 20.9 Å². The predicted octanol–water partition coefficient (Wildman–Crippen LogP) is 3.62. The van der Waals surface area contributed by atoms with Crippen molar-refractivity contribution < 1.29 is 23.9 Å². The molecule has 0 unspecified atom stereocenters. The van der Waals surface area contributed by atoms with Gasteiger partial charge in [0, 0.05) is 32.3 Å². The number of alkyl carbamates (subject to hydrolysis) is 1. The van der Waals surface area contributed by atoms with E-state index in [2.05, 4.69) is 17.2 Å². The molecule has 0 saturated carbocycles. The molecule has 3 amide bonds. The van der Waals surface area contributed by atoms with Crippen molar-refractivity contribution in [1.29, 1.82) is 0 Å². The Hall–Kier alpha value is -3.03. The maximum Gasteiger partial charge on any atom is 0.409 e. The number of hydrogen-bond donors (Lipinski definition) is 2. The fourth-order valence-electron chi connectivity index (χ4n) is 2.46. The van der Waals surface area contributed by atoms with Gasteiger partial charge in [0.2, 0.25) is 5.91 Å². The van der Waals surface area contributed by atoms with Gasteiger partial charge in [-0.2, -0.15) is 0 Å². The van der Waals surface area contributed by atoms with Crippen LogP contribution in [0, 0.1) is 0 Å². The zero-order valence-electron chi connectivity index (χ0n) is 19.0. The molecule has 1 aromatic carbocycles. The molecule has 0 atom stereocenters. The molecular weight excluding hydrogens is 398 g/mol. The molecule has 0 spiro atoms. The Morgan fingerprint density at radius 2 is 1.71 bits per heavy atom. The van der Waals surface area contributed by atoms with Gasteiger partial charge in [0.15, 0.2) is 0 Å². The third-order valence-electron chi connectivity index (χ3n) is 4.14. The van der Waals surface area contributed by atoms with E-state index in [0.29, 0.717) is 44.5 Å². The van der Waals surface area contributed by atoms with E-state index in [0.717, 1.165) is 5.56 Å². The highest BCUT2D eigenvalue weighted by molar-refractivity contribution is 5.92. The average Bonchev–Trinajstić information content (AvgIpc) is 2.70. The molecular formula is C23H35N3O5. The molecule has 0 fully saturated rings. The van der Waals surface area contributed by atoms with Crippen LogP contribution in [-0.4, -0.2) is 55.3 Å². The van der Waals surface area contributed by atoms with Crippen molar-refractivity contribution in [2.45, 2.75) is 52.2 Å². The van der Waals surface area contributed by atoms with Crippen molar-refractivity contribution in [1.82, 2.24) is 15.5 Å². The van der Waals surface area contributed by atoms with Gasteiger partial charge in [-0.3, -0.25) is 4.79 Å². The molecule has 172 valence electrons. The molecule has 0 saturated heterocycles. The van der Waals surface area contributed by atoms with Crippen LogP contribution in [0.1, 0.15) is 45.6 Å². The highest BCUT2D eigenvalue weighted by Gasteiger charge is 2.15. The van der Waals surface area contributed by atoms with Crippen LogP contribution < -0.4 is 10.6 Å². The van der Waals surface area contributed by atoms with Crippen molar-refractivity contribution >= 4 is 18.1 Å². The fourth-order valence-corrected chi connectivity index (χ4v) is 2.46. The average molecular weight is 434 g/mol. The van der Waals surface area contributed by atoms with E-state index in [1.807, 2.05) is 30.3 Å². The molecule has 0 aliphatic heterocycles. The minimum atomic E-state index is -0.525. The zero-order chi connectivity index (χ0) is 23.3. The van der Waals surface area contributed by atoms with E-state index in [9.17, 15) is 14.4 Å². The summed E-state index contributed by atoms with van der Waals surface area (Å²) in [5, 5.41) is 5.43. The summed E-state index contributed by atoms with van der Waals surface area (Å²) in [5.41, 5.74) is 0.852. The molecule has 31 heavy (non-hydrogen) atoms. The molecule has 8 nitrogen and oxygen atoms in total. The van der Waals surface area contributed by atoms with Gasteiger partial charge < -0.3 is 25.0 Å². The van der Waals surface area contributed by atoms with Crippen LogP contribution in [0.25, 0.3) is 0 Å². The van der Waals surface area contributed by atoms with E-state index < -0.39 is 17.8 Å². The van der Waals surface area contributed by atoms with Crippen LogP contribution in [0.3, 0.4) is 0 Å². The molecule has 0 bridgehead atoms. The lowest BCUT2D eigenvalue weighted by Gasteiger charge is -2.19. The molecule has 0 aromatic heterocycles. The lowest BCUT2D eigenvalue weighted by molar-refractivity contribution is -0.117. The zero-order valence-corrected chi connectivity index (χ0v) is 19.0. The van der Waals surface area contributed by atoms with E-state index >= 15 is 0 Å². The Morgan fingerprint density at radius 3 is 2.35 bits per heavy atom. The van der Waals surface area contributed by atoms with Crippen molar-refractivity contribution in [3.8, 4) is 0 Å². The number of likely N-dealkylation sites (N-methyl/N-ethyl adjacent to an activating group) is 1. The molecule has 0 aliphatic rings. The number of carbonyl (C=O) groups excluding carboxylic acids is 3. The van der Waals surface area contributed by atoms with Crippen molar-refractivity contribution in [2.24, 2.45) is 0 Å². The Labute approximate surface area is 185 Å². The maximum absolute atomic E-state index is 12.1.